The number of carbonyl (C=O) groups excluding carboxylic acids is 1. The van der Waals surface area contributed by atoms with E-state index < -0.39 is 0 Å². The number of amides is 1. The SMILES string of the molecule is CCc1cc(C(=O)NC(C)CCCO)oc1CC. The minimum Gasteiger partial charge on any atom is -0.456 e. The molecule has 0 spiro atoms. The Bertz CT molecular complexity index is 363. The highest BCUT2D eigenvalue weighted by molar-refractivity contribution is 5.91. The number of rotatable bonds is 7. The van der Waals surface area contributed by atoms with Gasteiger partial charge in [0.25, 0.3) is 5.91 Å². The smallest absolute Gasteiger partial charge is 0.287 e. The van der Waals surface area contributed by atoms with Gasteiger partial charge in [-0.05, 0) is 37.8 Å². The number of hydrogen-bond donors (Lipinski definition) is 2. The van der Waals surface area contributed by atoms with Crippen LogP contribution in [0.2, 0.25) is 0 Å². The lowest BCUT2D eigenvalue weighted by Crippen LogP contribution is -2.32. The molecule has 102 valence electrons. The molecule has 1 heterocycles. The van der Waals surface area contributed by atoms with Gasteiger partial charge in [-0.2, -0.15) is 0 Å². The third-order valence-electron chi connectivity index (χ3n) is 3.00. The number of aryl methyl sites for hydroxylation is 2. The standard InChI is InChI=1S/C14H23NO3/c1-4-11-9-13(18-12(11)5-2)14(17)15-10(3)7-6-8-16/h9-10,16H,4-8H2,1-3H3,(H,15,17). The Hall–Kier alpha value is -1.29. The summed E-state index contributed by atoms with van der Waals surface area (Å²) in [5, 5.41) is 11.6. The van der Waals surface area contributed by atoms with Gasteiger partial charge in [-0.1, -0.05) is 13.8 Å². The van der Waals surface area contributed by atoms with Gasteiger partial charge in [0.15, 0.2) is 5.76 Å². The second kappa shape index (κ2) is 7.21. The molecule has 0 fully saturated rings. The molecule has 0 saturated carbocycles. The minimum absolute atomic E-state index is 0.0462. The van der Waals surface area contributed by atoms with Crippen LogP contribution in [-0.2, 0) is 12.8 Å². The minimum atomic E-state index is -0.171. The maximum atomic E-state index is 11.9. The van der Waals surface area contributed by atoms with Gasteiger partial charge < -0.3 is 14.8 Å². The zero-order valence-electron chi connectivity index (χ0n) is 11.5. The van der Waals surface area contributed by atoms with Gasteiger partial charge in [0.2, 0.25) is 0 Å². The molecule has 1 aromatic heterocycles. The Balaban J connectivity index is 2.63. The summed E-state index contributed by atoms with van der Waals surface area (Å²) in [5.41, 5.74) is 1.10. The predicted octanol–water partition coefficient (Wildman–Crippen LogP) is 2.30. The lowest BCUT2D eigenvalue weighted by Gasteiger charge is -2.11. The van der Waals surface area contributed by atoms with Crippen molar-refractivity contribution in [1.29, 1.82) is 0 Å². The second-order valence-electron chi connectivity index (χ2n) is 4.51. The highest BCUT2D eigenvalue weighted by Gasteiger charge is 2.16. The first-order valence-corrected chi connectivity index (χ1v) is 6.65. The summed E-state index contributed by atoms with van der Waals surface area (Å²) in [6.45, 7) is 6.15. The van der Waals surface area contributed by atoms with Crippen LogP contribution in [0.25, 0.3) is 0 Å². The Labute approximate surface area is 108 Å². The quantitative estimate of drug-likeness (QED) is 0.783. The molecule has 0 bridgehead atoms. The van der Waals surface area contributed by atoms with E-state index in [0.29, 0.717) is 12.2 Å². The number of furan rings is 1. The third-order valence-corrected chi connectivity index (χ3v) is 3.00. The molecule has 1 amide bonds. The number of carbonyl (C=O) groups is 1. The maximum absolute atomic E-state index is 11.9. The molecule has 0 aromatic carbocycles. The summed E-state index contributed by atoms with van der Waals surface area (Å²) >= 11 is 0. The molecule has 1 aromatic rings. The molecule has 2 N–H and O–H groups in total. The first-order chi connectivity index (χ1) is 8.62. The van der Waals surface area contributed by atoms with E-state index in [1.807, 2.05) is 19.9 Å². The average molecular weight is 253 g/mol. The number of aliphatic hydroxyl groups excluding tert-OH is 1. The zero-order valence-corrected chi connectivity index (χ0v) is 11.5. The third kappa shape index (κ3) is 3.88. The molecular formula is C14H23NO3. The highest BCUT2D eigenvalue weighted by atomic mass is 16.4. The van der Waals surface area contributed by atoms with E-state index in [1.165, 1.54) is 0 Å². The van der Waals surface area contributed by atoms with Crippen molar-refractivity contribution >= 4 is 5.91 Å². The van der Waals surface area contributed by atoms with Crippen LogP contribution < -0.4 is 5.32 Å². The van der Waals surface area contributed by atoms with Crippen molar-refractivity contribution in [1.82, 2.24) is 5.32 Å². The van der Waals surface area contributed by atoms with Crippen LogP contribution in [0.4, 0.5) is 0 Å². The highest BCUT2D eigenvalue weighted by Crippen LogP contribution is 2.17. The molecule has 0 aliphatic carbocycles. The summed E-state index contributed by atoms with van der Waals surface area (Å²) in [6, 6.07) is 1.87. The first-order valence-electron chi connectivity index (χ1n) is 6.65. The summed E-state index contributed by atoms with van der Waals surface area (Å²) in [4.78, 5) is 11.9. The van der Waals surface area contributed by atoms with Crippen molar-refractivity contribution < 1.29 is 14.3 Å². The van der Waals surface area contributed by atoms with Crippen molar-refractivity contribution in [2.24, 2.45) is 0 Å². The number of aliphatic hydroxyl groups is 1. The van der Waals surface area contributed by atoms with Crippen LogP contribution in [0.5, 0.6) is 0 Å². The number of hydrogen-bond acceptors (Lipinski definition) is 3. The molecule has 1 atom stereocenters. The van der Waals surface area contributed by atoms with Crippen LogP contribution in [-0.4, -0.2) is 23.7 Å². The van der Waals surface area contributed by atoms with Crippen molar-refractivity contribution in [3.8, 4) is 0 Å². The van der Waals surface area contributed by atoms with Crippen LogP contribution in [0.3, 0.4) is 0 Å². The predicted molar refractivity (Wildman–Crippen MR) is 70.7 cm³/mol. The molecule has 1 unspecified atom stereocenters. The molecule has 4 heteroatoms. The lowest BCUT2D eigenvalue weighted by molar-refractivity contribution is 0.0906. The Kier molecular flexibility index (Phi) is 5.92. The van der Waals surface area contributed by atoms with E-state index in [1.54, 1.807) is 0 Å². The van der Waals surface area contributed by atoms with Gasteiger partial charge in [0.1, 0.15) is 5.76 Å². The molecule has 4 nitrogen and oxygen atoms in total. The topological polar surface area (TPSA) is 62.5 Å². The fourth-order valence-electron chi connectivity index (χ4n) is 1.94. The van der Waals surface area contributed by atoms with E-state index in [0.717, 1.165) is 30.6 Å². The van der Waals surface area contributed by atoms with Crippen molar-refractivity contribution in [3.05, 3.63) is 23.2 Å². The fraction of sp³-hybridized carbons (Fsp3) is 0.643. The Morgan fingerprint density at radius 1 is 1.44 bits per heavy atom. The Morgan fingerprint density at radius 3 is 2.67 bits per heavy atom. The van der Waals surface area contributed by atoms with Crippen LogP contribution in [0.15, 0.2) is 10.5 Å². The van der Waals surface area contributed by atoms with E-state index in [9.17, 15) is 4.79 Å². The molecule has 0 aliphatic rings. The first kappa shape index (κ1) is 14.8. The molecule has 0 radical (unpaired) electrons. The van der Waals surface area contributed by atoms with Crippen LogP contribution >= 0.6 is 0 Å². The lowest BCUT2D eigenvalue weighted by atomic mass is 10.1. The van der Waals surface area contributed by atoms with Gasteiger partial charge in [0, 0.05) is 19.1 Å². The number of nitrogens with one attached hydrogen (secondary N) is 1. The van der Waals surface area contributed by atoms with Crippen molar-refractivity contribution in [2.75, 3.05) is 6.61 Å². The van der Waals surface area contributed by atoms with Crippen LogP contribution in [0, 0.1) is 0 Å². The normalized spacial score (nSPS) is 12.4. The van der Waals surface area contributed by atoms with E-state index in [-0.39, 0.29) is 18.6 Å². The largest absolute Gasteiger partial charge is 0.456 e. The molecule has 1 rings (SSSR count). The summed E-state index contributed by atoms with van der Waals surface area (Å²) in [5.74, 6) is 1.11. The van der Waals surface area contributed by atoms with E-state index in [2.05, 4.69) is 12.2 Å². The second-order valence-corrected chi connectivity index (χ2v) is 4.51. The van der Waals surface area contributed by atoms with Gasteiger partial charge in [-0.15, -0.1) is 0 Å². The molecule has 18 heavy (non-hydrogen) atoms. The maximum Gasteiger partial charge on any atom is 0.287 e. The summed E-state index contributed by atoms with van der Waals surface area (Å²) in [7, 11) is 0. The molecule has 0 aliphatic heterocycles. The van der Waals surface area contributed by atoms with E-state index in [4.69, 9.17) is 9.52 Å². The van der Waals surface area contributed by atoms with Gasteiger partial charge in [-0.3, -0.25) is 4.79 Å². The van der Waals surface area contributed by atoms with E-state index >= 15 is 0 Å². The van der Waals surface area contributed by atoms with Gasteiger partial charge in [0.05, 0.1) is 0 Å². The van der Waals surface area contributed by atoms with Crippen molar-refractivity contribution in [2.45, 2.75) is 52.5 Å². The average Bonchev–Trinajstić information content (AvgIpc) is 2.79. The molecule has 0 saturated heterocycles. The summed E-state index contributed by atoms with van der Waals surface area (Å²) < 4.78 is 5.56. The monoisotopic (exact) mass is 253 g/mol. The Morgan fingerprint density at radius 2 is 2.17 bits per heavy atom. The van der Waals surface area contributed by atoms with Crippen molar-refractivity contribution in [3.63, 3.8) is 0 Å². The van der Waals surface area contributed by atoms with Crippen LogP contribution in [0.1, 0.15) is 55.5 Å². The summed E-state index contributed by atoms with van der Waals surface area (Å²) in [6.07, 6.45) is 3.14. The van der Waals surface area contributed by atoms with Gasteiger partial charge in [-0.25, -0.2) is 0 Å². The van der Waals surface area contributed by atoms with Gasteiger partial charge >= 0.3 is 0 Å². The zero-order chi connectivity index (χ0) is 13.5. The molecular weight excluding hydrogens is 230 g/mol. The fourth-order valence-corrected chi connectivity index (χ4v) is 1.94.